The first-order valence-corrected chi connectivity index (χ1v) is 9.97. The van der Waals surface area contributed by atoms with Gasteiger partial charge in [-0.3, -0.25) is 4.79 Å². The van der Waals surface area contributed by atoms with Crippen LogP contribution in [-0.4, -0.2) is 40.2 Å². The number of benzene rings is 3. The summed E-state index contributed by atoms with van der Waals surface area (Å²) in [5.41, 5.74) is 1.56. The van der Waals surface area contributed by atoms with E-state index >= 15 is 0 Å². The van der Waals surface area contributed by atoms with Crippen LogP contribution in [0.4, 0.5) is 0 Å². The number of hydrogen-bond donors (Lipinski definition) is 0. The van der Waals surface area contributed by atoms with Gasteiger partial charge in [0, 0.05) is 5.56 Å². The van der Waals surface area contributed by atoms with E-state index < -0.39 is 5.97 Å². The largest absolute Gasteiger partial charge is 0.493 e. The number of rotatable bonds is 9. The minimum atomic E-state index is -0.552. The molecule has 0 unspecified atom stereocenters. The first-order valence-electron chi connectivity index (χ1n) is 9.97. The first kappa shape index (κ1) is 23.4. The maximum absolute atomic E-state index is 12.5. The maximum Gasteiger partial charge on any atom is 0.343 e. The fourth-order valence-electron chi connectivity index (χ4n) is 3.04. The Morgan fingerprint density at radius 3 is 1.79 bits per heavy atom. The van der Waals surface area contributed by atoms with E-state index in [-0.39, 0.29) is 5.78 Å². The van der Waals surface area contributed by atoms with Crippen molar-refractivity contribution in [2.24, 2.45) is 0 Å². The van der Waals surface area contributed by atoms with Crippen LogP contribution in [0, 0.1) is 0 Å². The van der Waals surface area contributed by atoms with E-state index in [0.29, 0.717) is 39.9 Å². The summed E-state index contributed by atoms with van der Waals surface area (Å²) in [6.07, 6.45) is 3.15. The molecule has 3 rings (SSSR count). The van der Waals surface area contributed by atoms with Gasteiger partial charge in [0.15, 0.2) is 28.8 Å². The van der Waals surface area contributed by atoms with Gasteiger partial charge >= 0.3 is 5.97 Å². The van der Waals surface area contributed by atoms with Gasteiger partial charge in [0.2, 0.25) is 0 Å². The molecule has 0 aliphatic rings. The molecule has 0 aromatic heterocycles. The lowest BCUT2D eigenvalue weighted by molar-refractivity contribution is 0.0734. The summed E-state index contributed by atoms with van der Waals surface area (Å²) >= 11 is 0. The van der Waals surface area contributed by atoms with E-state index in [1.54, 1.807) is 68.8 Å². The zero-order valence-electron chi connectivity index (χ0n) is 18.8. The van der Waals surface area contributed by atoms with Gasteiger partial charge in [0.25, 0.3) is 0 Å². The highest BCUT2D eigenvalue weighted by molar-refractivity contribution is 6.07. The van der Waals surface area contributed by atoms with Gasteiger partial charge in [-0.1, -0.05) is 12.1 Å². The molecular weight excluding hydrogens is 424 g/mol. The third-order valence-electron chi connectivity index (χ3n) is 4.80. The van der Waals surface area contributed by atoms with Crippen LogP contribution < -0.4 is 23.7 Å². The van der Waals surface area contributed by atoms with Gasteiger partial charge in [0.05, 0.1) is 34.0 Å². The number of hydrogen-bond acceptors (Lipinski definition) is 7. The molecular formula is C26H24O7. The van der Waals surface area contributed by atoms with Crippen LogP contribution in [0.1, 0.15) is 26.3 Å². The molecule has 0 heterocycles. The Labute approximate surface area is 192 Å². The third kappa shape index (κ3) is 5.71. The second-order valence-electron chi connectivity index (χ2n) is 6.80. The van der Waals surface area contributed by atoms with Crippen molar-refractivity contribution in [3.63, 3.8) is 0 Å². The average molecular weight is 448 g/mol. The number of ketones is 1. The van der Waals surface area contributed by atoms with Crippen molar-refractivity contribution >= 4 is 17.8 Å². The zero-order chi connectivity index (χ0) is 23.8. The van der Waals surface area contributed by atoms with Crippen molar-refractivity contribution in [2.75, 3.05) is 28.4 Å². The topological polar surface area (TPSA) is 80.3 Å². The number of carbonyl (C=O) groups excluding carboxylic acids is 2. The summed E-state index contributed by atoms with van der Waals surface area (Å²) in [7, 11) is 6.12. The SMILES string of the molecule is COc1ccc(/C=C/C(=O)c2ccc(OC(=O)c3ccc(OC)c(OC)c3)cc2)cc1OC. The predicted molar refractivity (Wildman–Crippen MR) is 124 cm³/mol. The highest BCUT2D eigenvalue weighted by Gasteiger charge is 2.13. The van der Waals surface area contributed by atoms with Crippen LogP contribution in [-0.2, 0) is 0 Å². The number of esters is 1. The van der Waals surface area contributed by atoms with Crippen LogP contribution in [0.5, 0.6) is 28.7 Å². The van der Waals surface area contributed by atoms with Crippen molar-refractivity contribution in [2.45, 2.75) is 0 Å². The second-order valence-corrected chi connectivity index (χ2v) is 6.80. The van der Waals surface area contributed by atoms with E-state index in [2.05, 4.69) is 0 Å². The molecule has 0 aliphatic heterocycles. The fraction of sp³-hybridized carbons (Fsp3) is 0.154. The van der Waals surface area contributed by atoms with Crippen molar-refractivity contribution in [3.8, 4) is 28.7 Å². The summed E-state index contributed by atoms with van der Waals surface area (Å²) in [6, 6.07) is 16.4. The van der Waals surface area contributed by atoms with Crippen LogP contribution in [0.3, 0.4) is 0 Å². The minimum absolute atomic E-state index is 0.192. The number of allylic oxidation sites excluding steroid dienone is 1. The molecule has 0 N–H and O–H groups in total. The van der Waals surface area contributed by atoms with Crippen molar-refractivity contribution < 1.29 is 33.3 Å². The molecule has 7 nitrogen and oxygen atoms in total. The highest BCUT2D eigenvalue weighted by atomic mass is 16.5. The van der Waals surface area contributed by atoms with Gasteiger partial charge in [-0.15, -0.1) is 0 Å². The lowest BCUT2D eigenvalue weighted by Crippen LogP contribution is -2.09. The van der Waals surface area contributed by atoms with Gasteiger partial charge in [-0.2, -0.15) is 0 Å². The fourth-order valence-corrected chi connectivity index (χ4v) is 3.04. The van der Waals surface area contributed by atoms with Crippen LogP contribution in [0.2, 0.25) is 0 Å². The molecule has 33 heavy (non-hydrogen) atoms. The predicted octanol–water partition coefficient (Wildman–Crippen LogP) is 4.84. The second kappa shape index (κ2) is 10.9. The third-order valence-corrected chi connectivity index (χ3v) is 4.80. The zero-order valence-corrected chi connectivity index (χ0v) is 18.8. The Balaban J connectivity index is 1.66. The van der Waals surface area contributed by atoms with Gasteiger partial charge in [0.1, 0.15) is 5.75 Å². The quantitative estimate of drug-likeness (QED) is 0.201. The number of methoxy groups -OCH3 is 4. The highest BCUT2D eigenvalue weighted by Crippen LogP contribution is 2.29. The Morgan fingerprint density at radius 1 is 0.636 bits per heavy atom. The first-order chi connectivity index (χ1) is 16.0. The Morgan fingerprint density at radius 2 is 1.18 bits per heavy atom. The summed E-state index contributed by atoms with van der Waals surface area (Å²) in [6.45, 7) is 0. The van der Waals surface area contributed by atoms with Gasteiger partial charge in [-0.05, 0) is 66.2 Å². The summed E-state index contributed by atoms with van der Waals surface area (Å²) in [4.78, 5) is 24.9. The van der Waals surface area contributed by atoms with Crippen molar-refractivity contribution in [1.82, 2.24) is 0 Å². The molecule has 0 atom stereocenters. The number of carbonyl (C=O) groups is 2. The van der Waals surface area contributed by atoms with Crippen LogP contribution in [0.25, 0.3) is 6.08 Å². The molecule has 0 radical (unpaired) electrons. The molecule has 0 spiro atoms. The number of ether oxygens (including phenoxy) is 5. The summed E-state index contributed by atoms with van der Waals surface area (Å²) in [5, 5.41) is 0. The Bertz CT molecular complexity index is 1160. The molecule has 3 aromatic carbocycles. The van der Waals surface area contributed by atoms with E-state index in [4.69, 9.17) is 23.7 Å². The smallest absolute Gasteiger partial charge is 0.343 e. The van der Waals surface area contributed by atoms with Crippen molar-refractivity contribution in [1.29, 1.82) is 0 Å². The average Bonchev–Trinajstić information content (AvgIpc) is 2.86. The molecule has 0 aliphatic carbocycles. The molecule has 170 valence electrons. The molecule has 7 heteroatoms. The van der Waals surface area contributed by atoms with E-state index in [1.165, 1.54) is 26.4 Å². The summed E-state index contributed by atoms with van der Waals surface area (Å²) in [5.74, 6) is 1.69. The van der Waals surface area contributed by atoms with E-state index in [1.807, 2.05) is 6.07 Å². The Hall–Kier alpha value is -4.26. The van der Waals surface area contributed by atoms with Gasteiger partial charge < -0.3 is 23.7 Å². The summed E-state index contributed by atoms with van der Waals surface area (Å²) < 4.78 is 26.3. The molecule has 3 aromatic rings. The van der Waals surface area contributed by atoms with Gasteiger partial charge in [-0.25, -0.2) is 4.79 Å². The van der Waals surface area contributed by atoms with Crippen molar-refractivity contribution in [3.05, 3.63) is 83.4 Å². The molecule has 0 bridgehead atoms. The molecule has 0 amide bonds. The molecule has 0 saturated carbocycles. The van der Waals surface area contributed by atoms with Crippen LogP contribution in [0.15, 0.2) is 66.7 Å². The normalized spacial score (nSPS) is 10.5. The van der Waals surface area contributed by atoms with E-state index in [9.17, 15) is 9.59 Å². The maximum atomic E-state index is 12.5. The monoisotopic (exact) mass is 448 g/mol. The Kier molecular flexibility index (Phi) is 7.70. The standard InChI is InChI=1S/C26H24O7/c1-29-22-13-6-17(15-24(22)31-3)5-12-21(27)18-7-10-20(11-8-18)33-26(28)19-9-14-23(30-2)25(16-19)32-4/h5-16H,1-4H3/b12-5+. The molecule has 0 saturated heterocycles. The van der Waals surface area contributed by atoms with Crippen LogP contribution >= 0.6 is 0 Å². The lowest BCUT2D eigenvalue weighted by atomic mass is 10.1. The minimum Gasteiger partial charge on any atom is -0.493 e. The molecule has 0 fully saturated rings. The lowest BCUT2D eigenvalue weighted by Gasteiger charge is -2.09. The van der Waals surface area contributed by atoms with E-state index in [0.717, 1.165) is 5.56 Å².